The number of anilines is 2. The number of nitrogens with one attached hydrogen (secondary N) is 1. The van der Waals surface area contributed by atoms with Gasteiger partial charge >= 0.3 is 0 Å². The second-order valence-electron chi connectivity index (χ2n) is 4.57. The number of benzene rings is 2. The van der Waals surface area contributed by atoms with Crippen LogP contribution in [0.25, 0.3) is 0 Å². The zero-order valence-corrected chi connectivity index (χ0v) is 23.1. The molecule has 1 N–H and O–H groups in total. The molecule has 0 heterocycles. The zero-order chi connectivity index (χ0) is 18.8. The molecule has 0 spiro atoms. The molecular weight excluding hydrogens is 508 g/mol. The smallest absolute Gasteiger partial charge is 0.134 e. The molecule has 2 aromatic carbocycles. The Morgan fingerprint density at radius 1 is 0.793 bits per heavy atom. The fraction of sp³-hybridized carbons (Fsp3) is 0.440. The Morgan fingerprint density at radius 2 is 1.14 bits per heavy atom. The summed E-state index contributed by atoms with van der Waals surface area (Å²) in [5.74, 6) is 0.189. The average Bonchev–Trinajstić information content (AvgIpc) is 2.61. The molecule has 2 nitrogen and oxygen atoms in total. The molecule has 0 aliphatic heterocycles. The van der Waals surface area contributed by atoms with Crippen LogP contribution >= 0.6 is 0 Å². The van der Waals surface area contributed by atoms with Gasteiger partial charge in [-0.1, -0.05) is 87.2 Å². The van der Waals surface area contributed by atoms with E-state index < -0.39 is 0 Å². The summed E-state index contributed by atoms with van der Waals surface area (Å²) in [5.41, 5.74) is 3.14. The van der Waals surface area contributed by atoms with E-state index in [1.54, 1.807) is 6.92 Å². The minimum Gasteiger partial charge on any atom is -0.356 e. The Labute approximate surface area is 234 Å². The minimum absolute atomic E-state index is 0. The van der Waals surface area contributed by atoms with Gasteiger partial charge in [-0.3, -0.25) is 4.79 Å². The standard InChI is InChI=1S/C15H15NO.C3H7.2C2H6.3CH4.2Y/c1-12(17)11-13-7-9-15(10-8-13)16-14-5-3-2-4-6-14;1-3-2;2*1-2;;;;;/h2-10,16H,11H2,1H3;1,3H2,2H3;2*1-2H3;3*1H4;;/q;-1;;;;;;;. The summed E-state index contributed by atoms with van der Waals surface area (Å²) in [6, 6.07) is 17.9. The molecule has 4 heteroatoms. The van der Waals surface area contributed by atoms with Crippen molar-refractivity contribution in [2.45, 2.75) is 76.7 Å². The number of para-hydroxylation sites is 1. The van der Waals surface area contributed by atoms with E-state index in [0.717, 1.165) is 23.4 Å². The van der Waals surface area contributed by atoms with Gasteiger partial charge in [0.2, 0.25) is 0 Å². The van der Waals surface area contributed by atoms with Gasteiger partial charge in [0, 0.05) is 83.2 Å². The van der Waals surface area contributed by atoms with Crippen LogP contribution in [0.5, 0.6) is 0 Å². The van der Waals surface area contributed by atoms with Gasteiger partial charge in [-0.15, -0.1) is 0 Å². The number of carbonyl (C=O) groups excluding carboxylic acids is 1. The summed E-state index contributed by atoms with van der Waals surface area (Å²) in [7, 11) is 0. The van der Waals surface area contributed by atoms with Crippen molar-refractivity contribution in [2.24, 2.45) is 0 Å². The first-order valence-corrected chi connectivity index (χ1v) is 8.85. The molecule has 2 rings (SSSR count). The predicted molar refractivity (Wildman–Crippen MR) is 129 cm³/mol. The van der Waals surface area contributed by atoms with Crippen LogP contribution in [0.1, 0.15) is 75.8 Å². The molecule has 0 amide bonds. The molecule has 0 aliphatic rings. The van der Waals surface area contributed by atoms with Gasteiger partial charge in [0.25, 0.3) is 0 Å². The van der Waals surface area contributed by atoms with Gasteiger partial charge in [0.05, 0.1) is 0 Å². The Kier molecular flexibility index (Phi) is 57.7. The van der Waals surface area contributed by atoms with Crippen molar-refractivity contribution in [3.63, 3.8) is 0 Å². The summed E-state index contributed by atoms with van der Waals surface area (Å²) in [4.78, 5) is 11.0. The third kappa shape index (κ3) is 28.1. The first-order chi connectivity index (χ1) is 11.7. The number of hydrogen-bond acceptors (Lipinski definition) is 2. The fourth-order valence-electron chi connectivity index (χ4n) is 1.68. The summed E-state index contributed by atoms with van der Waals surface area (Å²) < 4.78 is 0. The second-order valence-corrected chi connectivity index (χ2v) is 4.57. The molecule has 0 aromatic heterocycles. The summed E-state index contributed by atoms with van der Waals surface area (Å²) in [6.07, 6.45) is 1.51. The van der Waals surface area contributed by atoms with Gasteiger partial charge in [-0.2, -0.15) is 6.42 Å². The van der Waals surface area contributed by atoms with Crippen LogP contribution in [-0.2, 0) is 76.6 Å². The van der Waals surface area contributed by atoms with Gasteiger partial charge in [0.1, 0.15) is 5.78 Å². The van der Waals surface area contributed by atoms with Crippen molar-refractivity contribution in [1.82, 2.24) is 0 Å². The first-order valence-electron chi connectivity index (χ1n) is 8.85. The molecule has 0 unspecified atom stereocenters. The van der Waals surface area contributed by atoms with Crippen molar-refractivity contribution in [3.8, 4) is 0 Å². The maximum absolute atomic E-state index is 11.0. The van der Waals surface area contributed by atoms with Crippen LogP contribution in [0.3, 0.4) is 0 Å². The summed E-state index contributed by atoms with van der Waals surface area (Å²) >= 11 is 0. The van der Waals surface area contributed by atoms with Crippen LogP contribution in [-0.4, -0.2) is 5.78 Å². The van der Waals surface area contributed by atoms with Crippen LogP contribution in [0.2, 0.25) is 0 Å². The molecule has 2 radical (unpaired) electrons. The monoisotopic (exact) mass is 554 g/mol. The Balaban J connectivity index is -0.0000000726. The van der Waals surface area contributed by atoms with Crippen molar-refractivity contribution in [1.29, 1.82) is 0 Å². The molecule has 29 heavy (non-hydrogen) atoms. The quantitative estimate of drug-likeness (QED) is 0.383. The maximum Gasteiger partial charge on any atom is 0.134 e. The third-order valence-corrected chi connectivity index (χ3v) is 2.47. The van der Waals surface area contributed by atoms with Crippen LogP contribution in [0.15, 0.2) is 54.6 Å². The normalized spacial score (nSPS) is 6.86. The molecule has 0 bridgehead atoms. The van der Waals surface area contributed by atoms with Gasteiger partial charge in [-0.05, 0) is 36.8 Å². The predicted octanol–water partition coefficient (Wildman–Crippen LogP) is 8.75. The summed E-state index contributed by atoms with van der Waals surface area (Å²) in [5, 5.41) is 3.30. The molecule has 2 aromatic rings. The van der Waals surface area contributed by atoms with Crippen molar-refractivity contribution >= 4 is 17.2 Å². The largest absolute Gasteiger partial charge is 0.356 e. The number of hydrogen-bond donors (Lipinski definition) is 1. The number of Topliss-reactive ketones (excluding diaryl/α,β-unsaturated/α-hetero) is 1. The average molecular weight is 554 g/mol. The van der Waals surface area contributed by atoms with Gasteiger partial charge in [-0.25, -0.2) is 0 Å². The first kappa shape index (κ1) is 47.1. The molecule has 0 saturated heterocycles. The molecule has 0 saturated carbocycles. The van der Waals surface area contributed by atoms with Crippen LogP contribution < -0.4 is 5.32 Å². The molecule has 164 valence electrons. The van der Waals surface area contributed by atoms with E-state index in [9.17, 15) is 4.79 Å². The third-order valence-electron chi connectivity index (χ3n) is 2.47. The molecule has 0 atom stereocenters. The van der Waals surface area contributed by atoms with E-state index >= 15 is 0 Å². The number of ketones is 1. The van der Waals surface area contributed by atoms with E-state index in [4.69, 9.17) is 0 Å². The Hall–Kier alpha value is 0.118. The van der Waals surface area contributed by atoms with E-state index in [-0.39, 0.29) is 93.5 Å². The van der Waals surface area contributed by atoms with Crippen LogP contribution in [0.4, 0.5) is 11.4 Å². The maximum atomic E-state index is 11.0. The van der Waals surface area contributed by atoms with E-state index in [2.05, 4.69) is 12.2 Å². The minimum atomic E-state index is 0. The van der Waals surface area contributed by atoms with Crippen molar-refractivity contribution in [2.75, 3.05) is 5.32 Å². The van der Waals surface area contributed by atoms with E-state index in [1.807, 2.05) is 89.2 Å². The van der Waals surface area contributed by atoms with E-state index in [0.29, 0.717) is 6.42 Å². The Bertz CT molecular complexity index is 514. The van der Waals surface area contributed by atoms with E-state index in [1.165, 1.54) is 0 Å². The Morgan fingerprint density at radius 3 is 1.48 bits per heavy atom. The van der Waals surface area contributed by atoms with Crippen molar-refractivity contribution < 1.29 is 70.2 Å². The molecule has 0 fully saturated rings. The fourth-order valence-corrected chi connectivity index (χ4v) is 1.68. The number of carbonyl (C=O) groups is 1. The van der Waals surface area contributed by atoms with Crippen molar-refractivity contribution in [3.05, 3.63) is 67.1 Å². The SMILES string of the molecule is C.C.C.CC.CC.CC(=O)Cc1ccc(Nc2ccccc2)cc1.[CH2-]CC.[Y].[Y]. The van der Waals surface area contributed by atoms with Gasteiger partial charge in [0.15, 0.2) is 0 Å². The molecule has 0 aliphatic carbocycles. The molecular formula is C25H46NOY2-. The summed E-state index contributed by atoms with van der Waals surface area (Å²) in [6.45, 7) is 15.1. The second kappa shape index (κ2) is 35.5. The topological polar surface area (TPSA) is 29.1 Å². The number of rotatable bonds is 4. The van der Waals surface area contributed by atoms with Gasteiger partial charge < -0.3 is 12.2 Å². The zero-order valence-electron chi connectivity index (χ0n) is 17.4. The van der Waals surface area contributed by atoms with Crippen LogP contribution in [0, 0.1) is 6.92 Å².